The maximum absolute atomic E-state index is 11.5. The minimum atomic E-state index is -0.875. The topological polar surface area (TPSA) is 43.6 Å². The Morgan fingerprint density at radius 2 is 1.31 bits per heavy atom. The molecule has 1 aliphatic heterocycles. The van der Waals surface area contributed by atoms with Gasteiger partial charge in [-0.3, -0.25) is 0 Å². The van der Waals surface area contributed by atoms with Crippen LogP contribution in [0.25, 0.3) is 49.4 Å². The third-order valence-corrected chi connectivity index (χ3v) is 8.78. The number of para-hydroxylation sites is 3. The lowest BCUT2D eigenvalue weighted by Gasteiger charge is -2.25. The highest BCUT2D eigenvalue weighted by Gasteiger charge is 2.34. The maximum atomic E-state index is 11.5. The average molecular weight is 579 g/mol. The number of fused-ring (bicyclic) bond motifs is 6. The first-order valence-electron chi connectivity index (χ1n) is 15.1. The molecule has 0 unspecified atom stereocenters. The number of aromatic nitrogens is 1. The Bertz CT molecular complexity index is 2410. The highest BCUT2D eigenvalue weighted by atomic mass is 16.5. The standard InChI is InChI=1S/C40H26BNO3/c43-41-34-15-7-9-17-37(34)45-39-25-29(24-38(40(39)41)44-31-12-2-1-3-13-31)28-19-21-36-33(23-28)32-14-6-8-16-35(32)42(36)30-20-18-26-10-4-5-11-27(26)22-30/h1-25,43H. The second-order valence-electron chi connectivity index (χ2n) is 11.5. The van der Waals surface area contributed by atoms with Crippen molar-refractivity contribution >= 4 is 50.4 Å². The van der Waals surface area contributed by atoms with Crippen LogP contribution in [0, 0.1) is 0 Å². The molecule has 0 atom stereocenters. The van der Waals surface area contributed by atoms with E-state index in [1.54, 1.807) is 0 Å². The van der Waals surface area contributed by atoms with E-state index in [4.69, 9.17) is 9.47 Å². The minimum Gasteiger partial charge on any atom is -0.458 e. The van der Waals surface area contributed by atoms with Crippen LogP contribution in [0.1, 0.15) is 0 Å². The fourth-order valence-electron chi connectivity index (χ4n) is 6.64. The zero-order valence-electron chi connectivity index (χ0n) is 24.2. The predicted molar refractivity (Wildman–Crippen MR) is 184 cm³/mol. The Hall–Kier alpha value is -5.78. The van der Waals surface area contributed by atoms with Crippen molar-refractivity contribution in [2.75, 3.05) is 0 Å². The zero-order chi connectivity index (χ0) is 29.9. The fraction of sp³-hybridized carbons (Fsp3) is 0. The van der Waals surface area contributed by atoms with Gasteiger partial charge in [-0.2, -0.15) is 0 Å². The largest absolute Gasteiger partial charge is 0.458 e. The summed E-state index contributed by atoms with van der Waals surface area (Å²) in [4.78, 5) is 0. The van der Waals surface area contributed by atoms with Crippen molar-refractivity contribution in [1.29, 1.82) is 0 Å². The van der Waals surface area contributed by atoms with E-state index in [0.29, 0.717) is 28.5 Å². The summed E-state index contributed by atoms with van der Waals surface area (Å²) < 4.78 is 15.2. The SMILES string of the molecule is OB1c2ccccc2Oc2cc(-c3ccc4c(c3)c3ccccc3n4-c3ccc4ccccc4c3)cc(Oc3ccccc3)c21. The van der Waals surface area contributed by atoms with Gasteiger partial charge < -0.3 is 19.1 Å². The number of hydrogen-bond donors (Lipinski definition) is 1. The molecule has 1 N–H and O–H groups in total. The van der Waals surface area contributed by atoms with E-state index in [1.807, 2.05) is 66.7 Å². The molecular weight excluding hydrogens is 553 g/mol. The van der Waals surface area contributed by atoms with Gasteiger partial charge in [0.1, 0.15) is 23.0 Å². The lowest BCUT2D eigenvalue weighted by Crippen LogP contribution is -2.47. The lowest BCUT2D eigenvalue weighted by molar-refractivity contribution is 0.460. The molecule has 0 radical (unpaired) electrons. The molecular formula is C40H26BNO3. The Morgan fingerprint density at radius 1 is 0.556 bits per heavy atom. The molecule has 5 heteroatoms. The first-order valence-corrected chi connectivity index (χ1v) is 15.1. The molecule has 212 valence electrons. The molecule has 0 aliphatic carbocycles. The van der Waals surface area contributed by atoms with Crippen molar-refractivity contribution in [2.24, 2.45) is 0 Å². The molecule has 4 nitrogen and oxygen atoms in total. The normalized spacial score (nSPS) is 12.2. The van der Waals surface area contributed by atoms with Crippen LogP contribution in [-0.2, 0) is 0 Å². The Balaban J connectivity index is 1.23. The molecule has 1 aromatic heterocycles. The third kappa shape index (κ3) is 4.20. The second-order valence-corrected chi connectivity index (χ2v) is 11.5. The monoisotopic (exact) mass is 579 g/mol. The average Bonchev–Trinajstić information content (AvgIpc) is 3.42. The summed E-state index contributed by atoms with van der Waals surface area (Å²) in [5.74, 6) is 2.49. The van der Waals surface area contributed by atoms with Gasteiger partial charge in [-0.25, -0.2) is 0 Å². The molecule has 45 heavy (non-hydrogen) atoms. The van der Waals surface area contributed by atoms with Crippen molar-refractivity contribution < 1.29 is 14.5 Å². The van der Waals surface area contributed by atoms with E-state index in [-0.39, 0.29) is 0 Å². The van der Waals surface area contributed by atoms with Gasteiger partial charge in [0.05, 0.1) is 11.0 Å². The molecule has 0 fully saturated rings. The number of rotatable bonds is 4. The second kappa shape index (κ2) is 10.2. The predicted octanol–water partition coefficient (Wildman–Crippen LogP) is 8.60. The number of benzene rings is 7. The number of hydrogen-bond acceptors (Lipinski definition) is 3. The van der Waals surface area contributed by atoms with Crippen LogP contribution in [0.5, 0.6) is 23.0 Å². The summed E-state index contributed by atoms with van der Waals surface area (Å²) in [5.41, 5.74) is 6.73. The van der Waals surface area contributed by atoms with Crippen LogP contribution < -0.4 is 20.4 Å². The molecule has 8 aromatic rings. The molecule has 9 rings (SSSR count). The smallest absolute Gasteiger partial charge is 0.370 e. The Kier molecular flexibility index (Phi) is 5.80. The zero-order valence-corrected chi connectivity index (χ0v) is 24.2. The van der Waals surface area contributed by atoms with Gasteiger partial charge in [-0.05, 0) is 88.0 Å². The first kappa shape index (κ1) is 25.7. The highest BCUT2D eigenvalue weighted by molar-refractivity contribution is 6.81. The van der Waals surface area contributed by atoms with E-state index in [1.165, 1.54) is 16.2 Å². The maximum Gasteiger partial charge on any atom is 0.370 e. The van der Waals surface area contributed by atoms with E-state index in [9.17, 15) is 5.02 Å². The van der Waals surface area contributed by atoms with Crippen LogP contribution in [0.4, 0.5) is 0 Å². The lowest BCUT2D eigenvalue weighted by atomic mass is 9.53. The first-order chi connectivity index (χ1) is 22.2. The molecule has 0 spiro atoms. The number of ether oxygens (including phenoxy) is 2. The highest BCUT2D eigenvalue weighted by Crippen LogP contribution is 2.39. The van der Waals surface area contributed by atoms with Gasteiger partial charge in [-0.15, -0.1) is 0 Å². The van der Waals surface area contributed by atoms with Crippen molar-refractivity contribution in [2.45, 2.75) is 0 Å². The molecule has 7 aromatic carbocycles. The van der Waals surface area contributed by atoms with E-state index >= 15 is 0 Å². The van der Waals surface area contributed by atoms with Gasteiger partial charge in [0.15, 0.2) is 0 Å². The van der Waals surface area contributed by atoms with E-state index < -0.39 is 6.92 Å². The molecule has 0 saturated heterocycles. The third-order valence-electron chi connectivity index (χ3n) is 8.78. The van der Waals surface area contributed by atoms with Gasteiger partial charge in [0.2, 0.25) is 0 Å². The molecule has 2 heterocycles. The summed E-state index contributed by atoms with van der Waals surface area (Å²) in [6.07, 6.45) is 0. The number of nitrogens with zero attached hydrogens (tertiary/aromatic N) is 1. The Labute approximate surface area is 260 Å². The van der Waals surface area contributed by atoms with Crippen LogP contribution in [0.3, 0.4) is 0 Å². The molecule has 0 amide bonds. The van der Waals surface area contributed by atoms with Crippen molar-refractivity contribution in [3.05, 3.63) is 152 Å². The van der Waals surface area contributed by atoms with E-state index in [0.717, 1.165) is 38.7 Å². The molecule has 1 aliphatic rings. The quantitative estimate of drug-likeness (QED) is 0.213. The van der Waals surface area contributed by atoms with E-state index in [2.05, 4.69) is 89.5 Å². The van der Waals surface area contributed by atoms with Gasteiger partial charge in [-0.1, -0.05) is 91.0 Å². The van der Waals surface area contributed by atoms with Crippen molar-refractivity contribution in [3.63, 3.8) is 0 Å². The van der Waals surface area contributed by atoms with Crippen LogP contribution >= 0.6 is 0 Å². The van der Waals surface area contributed by atoms with Crippen molar-refractivity contribution in [3.8, 4) is 39.8 Å². The summed E-state index contributed by atoms with van der Waals surface area (Å²) in [7, 11) is 0. The van der Waals surface area contributed by atoms with Crippen LogP contribution in [0.15, 0.2) is 152 Å². The van der Waals surface area contributed by atoms with Gasteiger partial charge >= 0.3 is 6.92 Å². The van der Waals surface area contributed by atoms with Gasteiger partial charge in [0, 0.05) is 21.9 Å². The fourth-order valence-corrected chi connectivity index (χ4v) is 6.64. The summed E-state index contributed by atoms with van der Waals surface area (Å²) >= 11 is 0. The van der Waals surface area contributed by atoms with Gasteiger partial charge in [0.25, 0.3) is 0 Å². The minimum absolute atomic E-state index is 0.564. The van der Waals surface area contributed by atoms with Crippen LogP contribution in [-0.4, -0.2) is 16.5 Å². The summed E-state index contributed by atoms with van der Waals surface area (Å²) in [6.45, 7) is -0.875. The molecule has 0 saturated carbocycles. The van der Waals surface area contributed by atoms with Crippen molar-refractivity contribution in [1.82, 2.24) is 4.57 Å². The summed E-state index contributed by atoms with van der Waals surface area (Å²) in [5, 5.41) is 16.3. The molecule has 0 bridgehead atoms. The summed E-state index contributed by atoms with van der Waals surface area (Å²) in [6, 6.07) is 51.5. The van der Waals surface area contributed by atoms with Crippen LogP contribution in [0.2, 0.25) is 0 Å². The Morgan fingerprint density at radius 3 is 2.22 bits per heavy atom.